The molecule has 0 atom stereocenters. The van der Waals surface area contributed by atoms with Crippen LogP contribution in [0.5, 0.6) is 0 Å². The van der Waals surface area contributed by atoms with E-state index < -0.39 is 0 Å². The second-order valence-electron chi connectivity index (χ2n) is 2.36. The molecule has 62 valence electrons. The molecule has 1 nitrogen and oxygen atoms in total. The molecule has 0 saturated heterocycles. The Morgan fingerprint density at radius 3 is 2.92 bits per heavy atom. The van der Waals surface area contributed by atoms with Crippen LogP contribution in [-0.2, 0) is 0 Å². The van der Waals surface area contributed by atoms with Crippen LogP contribution >= 0.6 is 11.8 Å². The fraction of sp³-hybridized carbons (Fsp3) is 0.222. The van der Waals surface area contributed by atoms with Crippen LogP contribution in [0.1, 0.15) is 5.56 Å². The van der Waals surface area contributed by atoms with Crippen molar-refractivity contribution in [3.05, 3.63) is 29.6 Å². The third-order valence-corrected chi connectivity index (χ3v) is 2.29. The van der Waals surface area contributed by atoms with Gasteiger partial charge in [-0.25, -0.2) is 4.39 Å². The Hall–Kier alpha value is -1.01. The Morgan fingerprint density at radius 2 is 2.33 bits per heavy atom. The first-order chi connectivity index (χ1) is 5.74. The van der Waals surface area contributed by atoms with Gasteiger partial charge >= 0.3 is 0 Å². The molecule has 0 spiro atoms. The molecular weight excluding hydrogens is 173 g/mol. The van der Waals surface area contributed by atoms with E-state index in [4.69, 9.17) is 5.26 Å². The van der Waals surface area contributed by atoms with E-state index in [9.17, 15) is 4.39 Å². The monoisotopic (exact) mass is 181 g/mol. The van der Waals surface area contributed by atoms with E-state index in [2.05, 4.69) is 0 Å². The zero-order chi connectivity index (χ0) is 8.97. The van der Waals surface area contributed by atoms with Crippen molar-refractivity contribution in [2.24, 2.45) is 0 Å². The second kappa shape index (κ2) is 4.13. The van der Waals surface area contributed by atoms with Crippen molar-refractivity contribution in [1.29, 1.82) is 5.26 Å². The number of hydrogen-bond donors (Lipinski definition) is 0. The first-order valence-corrected chi connectivity index (χ1v) is 4.48. The van der Waals surface area contributed by atoms with Crippen molar-refractivity contribution in [2.75, 3.05) is 5.75 Å². The standard InChI is InChI=1S/C9H8FNS/c1-7-6-8(12-5-4-11)2-3-9(7)10/h2-3,6H,5H2,1H3. The van der Waals surface area contributed by atoms with E-state index >= 15 is 0 Å². The quantitative estimate of drug-likeness (QED) is 0.655. The third-order valence-electron chi connectivity index (χ3n) is 1.43. The number of benzene rings is 1. The number of nitrogens with zero attached hydrogens (tertiary/aromatic N) is 1. The van der Waals surface area contributed by atoms with Gasteiger partial charge in [0.15, 0.2) is 0 Å². The van der Waals surface area contributed by atoms with E-state index in [1.807, 2.05) is 6.07 Å². The molecule has 0 saturated carbocycles. The van der Waals surface area contributed by atoms with Gasteiger partial charge in [0, 0.05) is 4.90 Å². The average molecular weight is 181 g/mol. The maximum atomic E-state index is 12.7. The average Bonchev–Trinajstić information content (AvgIpc) is 2.07. The van der Waals surface area contributed by atoms with E-state index in [1.165, 1.54) is 17.8 Å². The highest BCUT2D eigenvalue weighted by Crippen LogP contribution is 2.19. The van der Waals surface area contributed by atoms with Gasteiger partial charge in [-0.15, -0.1) is 11.8 Å². The van der Waals surface area contributed by atoms with Crippen LogP contribution in [0.4, 0.5) is 4.39 Å². The fourth-order valence-corrected chi connectivity index (χ4v) is 1.48. The van der Waals surface area contributed by atoms with Gasteiger partial charge in [0.2, 0.25) is 0 Å². The predicted octanol–water partition coefficient (Wildman–Crippen LogP) is 2.75. The summed E-state index contributed by atoms with van der Waals surface area (Å²) >= 11 is 1.42. The Kier molecular flexibility index (Phi) is 3.12. The maximum Gasteiger partial charge on any atom is 0.126 e. The number of hydrogen-bond acceptors (Lipinski definition) is 2. The van der Waals surface area contributed by atoms with Gasteiger partial charge in [0.05, 0.1) is 11.8 Å². The van der Waals surface area contributed by atoms with Gasteiger partial charge in [-0.05, 0) is 30.7 Å². The Labute approximate surface area is 75.2 Å². The molecule has 0 heterocycles. The van der Waals surface area contributed by atoms with Crippen LogP contribution in [0.15, 0.2) is 23.1 Å². The maximum absolute atomic E-state index is 12.7. The molecule has 0 bridgehead atoms. The summed E-state index contributed by atoms with van der Waals surface area (Å²) in [5, 5.41) is 8.31. The van der Waals surface area contributed by atoms with Gasteiger partial charge in [0.25, 0.3) is 0 Å². The van der Waals surface area contributed by atoms with Crippen molar-refractivity contribution in [2.45, 2.75) is 11.8 Å². The largest absolute Gasteiger partial charge is 0.207 e. The molecule has 0 amide bonds. The molecule has 0 radical (unpaired) electrons. The Morgan fingerprint density at radius 1 is 1.58 bits per heavy atom. The molecule has 0 aliphatic heterocycles. The summed E-state index contributed by atoms with van der Waals surface area (Å²) in [4.78, 5) is 0.940. The van der Waals surface area contributed by atoms with Gasteiger partial charge in [-0.3, -0.25) is 0 Å². The highest BCUT2D eigenvalue weighted by molar-refractivity contribution is 7.99. The summed E-state index contributed by atoms with van der Waals surface area (Å²) in [6.45, 7) is 1.71. The van der Waals surface area contributed by atoms with E-state index in [1.54, 1.807) is 19.1 Å². The minimum atomic E-state index is -0.198. The molecule has 0 aliphatic rings. The number of rotatable bonds is 2. The first kappa shape index (κ1) is 9.08. The molecular formula is C9H8FNS. The number of nitriles is 1. The van der Waals surface area contributed by atoms with Gasteiger partial charge in [-0.2, -0.15) is 5.26 Å². The lowest BCUT2D eigenvalue weighted by Gasteiger charge is -1.99. The number of thioether (sulfide) groups is 1. The van der Waals surface area contributed by atoms with Crippen molar-refractivity contribution >= 4 is 11.8 Å². The number of aryl methyl sites for hydroxylation is 1. The topological polar surface area (TPSA) is 23.8 Å². The van der Waals surface area contributed by atoms with E-state index in [-0.39, 0.29) is 5.82 Å². The molecule has 0 fully saturated rings. The summed E-state index contributed by atoms with van der Waals surface area (Å²) in [7, 11) is 0. The molecule has 3 heteroatoms. The molecule has 0 aliphatic carbocycles. The van der Waals surface area contributed by atoms with Crippen molar-refractivity contribution in [3.63, 3.8) is 0 Å². The third kappa shape index (κ3) is 2.24. The molecule has 1 rings (SSSR count). The summed E-state index contributed by atoms with van der Waals surface area (Å²) in [6.07, 6.45) is 0. The SMILES string of the molecule is Cc1cc(SCC#N)ccc1F. The normalized spacial score (nSPS) is 9.42. The van der Waals surface area contributed by atoms with Crippen LogP contribution in [-0.4, -0.2) is 5.75 Å². The summed E-state index contributed by atoms with van der Waals surface area (Å²) in [5.41, 5.74) is 0.623. The van der Waals surface area contributed by atoms with Crippen LogP contribution in [0, 0.1) is 24.1 Å². The van der Waals surface area contributed by atoms with Crippen LogP contribution in [0.25, 0.3) is 0 Å². The molecule has 0 aromatic heterocycles. The highest BCUT2D eigenvalue weighted by Gasteiger charge is 1.98. The molecule has 1 aromatic carbocycles. The summed E-state index contributed by atoms with van der Waals surface area (Å²) < 4.78 is 12.7. The molecule has 0 N–H and O–H groups in total. The van der Waals surface area contributed by atoms with Crippen molar-refractivity contribution in [3.8, 4) is 6.07 Å². The minimum Gasteiger partial charge on any atom is -0.207 e. The lowest BCUT2D eigenvalue weighted by atomic mass is 10.2. The zero-order valence-electron chi connectivity index (χ0n) is 6.67. The first-order valence-electron chi connectivity index (χ1n) is 3.50. The zero-order valence-corrected chi connectivity index (χ0v) is 7.49. The van der Waals surface area contributed by atoms with E-state index in [0.29, 0.717) is 11.3 Å². The van der Waals surface area contributed by atoms with E-state index in [0.717, 1.165) is 4.90 Å². The van der Waals surface area contributed by atoms with Crippen LogP contribution in [0.3, 0.4) is 0 Å². The molecule has 1 aromatic rings. The lowest BCUT2D eigenvalue weighted by Crippen LogP contribution is -1.82. The van der Waals surface area contributed by atoms with Gasteiger partial charge < -0.3 is 0 Å². The predicted molar refractivity (Wildman–Crippen MR) is 47.5 cm³/mol. The summed E-state index contributed by atoms with van der Waals surface area (Å²) in [5.74, 6) is 0.210. The Balaban J connectivity index is 2.77. The lowest BCUT2D eigenvalue weighted by molar-refractivity contribution is 0.617. The second-order valence-corrected chi connectivity index (χ2v) is 3.41. The van der Waals surface area contributed by atoms with Crippen molar-refractivity contribution in [1.82, 2.24) is 0 Å². The smallest absolute Gasteiger partial charge is 0.126 e. The molecule has 12 heavy (non-hydrogen) atoms. The number of halogens is 1. The van der Waals surface area contributed by atoms with Gasteiger partial charge in [0.1, 0.15) is 5.82 Å². The van der Waals surface area contributed by atoms with Crippen LogP contribution < -0.4 is 0 Å². The Bertz CT molecular complexity index is 317. The molecule has 0 unspecified atom stereocenters. The summed E-state index contributed by atoms with van der Waals surface area (Å²) in [6, 6.07) is 6.88. The van der Waals surface area contributed by atoms with Gasteiger partial charge in [-0.1, -0.05) is 0 Å². The van der Waals surface area contributed by atoms with Crippen LogP contribution in [0.2, 0.25) is 0 Å². The highest BCUT2D eigenvalue weighted by atomic mass is 32.2. The minimum absolute atomic E-state index is 0.198. The fourth-order valence-electron chi connectivity index (χ4n) is 0.823. The van der Waals surface area contributed by atoms with Crippen molar-refractivity contribution < 1.29 is 4.39 Å².